The van der Waals surface area contributed by atoms with Crippen molar-refractivity contribution in [1.82, 2.24) is 4.98 Å². The van der Waals surface area contributed by atoms with Crippen molar-refractivity contribution in [2.45, 2.75) is 5.92 Å². The average molecular weight is 399 g/mol. The van der Waals surface area contributed by atoms with Gasteiger partial charge in [-0.05, 0) is 36.4 Å². The van der Waals surface area contributed by atoms with Crippen LogP contribution in [0.3, 0.4) is 0 Å². The van der Waals surface area contributed by atoms with E-state index in [-0.39, 0.29) is 11.4 Å². The maximum Gasteiger partial charge on any atom is 0.302 e. The Morgan fingerprint density at radius 1 is 1.04 bits per heavy atom. The number of Topliss-reactive ketones (excluding diaryl/α,β-unsaturated/α-hetero) is 1. The molecule has 2 amide bonds. The zero-order valence-electron chi connectivity index (χ0n) is 13.6. The predicted molar refractivity (Wildman–Crippen MR) is 103 cm³/mol. The summed E-state index contributed by atoms with van der Waals surface area (Å²) in [5, 5.41) is 4.27. The van der Waals surface area contributed by atoms with Crippen molar-refractivity contribution in [1.29, 1.82) is 0 Å². The van der Waals surface area contributed by atoms with Crippen LogP contribution in [0.2, 0.25) is 5.02 Å². The SMILES string of the molecule is N/N=C1\C(=O)N(c2ccc(Cl)cc2)C(=O)C(=O)C1c1nc2ccccc2s1. The lowest BCUT2D eigenvalue weighted by Crippen LogP contribution is -2.55. The summed E-state index contributed by atoms with van der Waals surface area (Å²) in [7, 11) is 0. The molecule has 1 aliphatic rings. The number of nitrogens with two attached hydrogens (primary N) is 1. The zero-order chi connectivity index (χ0) is 19.1. The number of aromatic nitrogens is 1. The van der Waals surface area contributed by atoms with Gasteiger partial charge in [-0.15, -0.1) is 11.3 Å². The standard InChI is InChI=1S/C18H11ClN4O3S/c19-9-5-7-10(8-6-9)23-17(25)14(22-20)13(15(24)18(23)26)16-21-11-3-1-2-4-12(11)27-16/h1-8,13H,20H2/b22-14-. The van der Waals surface area contributed by atoms with Gasteiger partial charge in [-0.2, -0.15) is 5.10 Å². The molecule has 1 atom stereocenters. The molecule has 1 unspecified atom stereocenters. The van der Waals surface area contributed by atoms with Gasteiger partial charge in [0.25, 0.3) is 5.91 Å². The first kappa shape index (κ1) is 17.3. The highest BCUT2D eigenvalue weighted by molar-refractivity contribution is 7.19. The molecule has 0 radical (unpaired) electrons. The number of anilines is 1. The molecule has 1 aliphatic heterocycles. The molecule has 1 aromatic heterocycles. The lowest BCUT2D eigenvalue weighted by molar-refractivity contribution is -0.139. The second-order valence-corrected chi connectivity index (χ2v) is 7.25. The monoisotopic (exact) mass is 398 g/mol. The smallest absolute Gasteiger partial charge is 0.302 e. The van der Waals surface area contributed by atoms with Crippen molar-refractivity contribution in [2.24, 2.45) is 10.9 Å². The molecule has 2 heterocycles. The fourth-order valence-corrected chi connectivity index (χ4v) is 4.08. The van der Waals surface area contributed by atoms with Gasteiger partial charge in [0.15, 0.2) is 0 Å². The third kappa shape index (κ3) is 2.79. The number of carbonyl (C=O) groups excluding carboxylic acids is 3. The summed E-state index contributed by atoms with van der Waals surface area (Å²) in [6.45, 7) is 0. The van der Waals surface area contributed by atoms with Crippen LogP contribution in [0, 0.1) is 0 Å². The highest BCUT2D eigenvalue weighted by Crippen LogP contribution is 2.33. The van der Waals surface area contributed by atoms with Crippen LogP contribution < -0.4 is 10.7 Å². The molecular formula is C18H11ClN4O3S. The number of rotatable bonds is 2. The van der Waals surface area contributed by atoms with Crippen molar-refractivity contribution < 1.29 is 14.4 Å². The number of hydrogen-bond donors (Lipinski definition) is 1. The van der Waals surface area contributed by atoms with E-state index in [0.717, 1.165) is 9.60 Å². The van der Waals surface area contributed by atoms with Crippen molar-refractivity contribution >= 4 is 62.2 Å². The number of halogens is 1. The maximum atomic E-state index is 12.9. The van der Waals surface area contributed by atoms with Crippen molar-refractivity contribution in [3.05, 3.63) is 58.6 Å². The lowest BCUT2D eigenvalue weighted by Gasteiger charge is -2.28. The second kappa shape index (κ2) is 6.57. The molecule has 0 saturated carbocycles. The molecule has 7 nitrogen and oxygen atoms in total. The first-order valence-electron chi connectivity index (χ1n) is 7.82. The van der Waals surface area contributed by atoms with Gasteiger partial charge in [-0.1, -0.05) is 23.7 Å². The Morgan fingerprint density at radius 2 is 1.74 bits per heavy atom. The minimum Gasteiger partial charge on any atom is -0.323 e. The van der Waals surface area contributed by atoms with Gasteiger partial charge < -0.3 is 5.84 Å². The Kier molecular flexibility index (Phi) is 4.21. The predicted octanol–water partition coefficient (Wildman–Crippen LogP) is 2.49. The van der Waals surface area contributed by atoms with E-state index >= 15 is 0 Å². The number of carbonyl (C=O) groups is 3. The topological polar surface area (TPSA) is 106 Å². The Balaban J connectivity index is 1.80. The van der Waals surface area contributed by atoms with Gasteiger partial charge in [0.1, 0.15) is 16.6 Å². The summed E-state index contributed by atoms with van der Waals surface area (Å²) in [6, 6.07) is 13.2. The normalized spacial score (nSPS) is 19.3. The van der Waals surface area contributed by atoms with Gasteiger partial charge in [-0.25, -0.2) is 9.88 Å². The number of fused-ring (bicyclic) bond motifs is 1. The minimum absolute atomic E-state index is 0.214. The van der Waals surface area contributed by atoms with E-state index in [1.165, 1.54) is 35.6 Å². The van der Waals surface area contributed by atoms with E-state index in [2.05, 4.69) is 10.1 Å². The molecule has 0 bridgehead atoms. The Morgan fingerprint density at radius 3 is 2.41 bits per heavy atom. The van der Waals surface area contributed by atoms with Gasteiger partial charge in [0.05, 0.1) is 15.9 Å². The van der Waals surface area contributed by atoms with Gasteiger partial charge in [0, 0.05) is 5.02 Å². The van der Waals surface area contributed by atoms with Crippen molar-refractivity contribution in [3.63, 3.8) is 0 Å². The Labute approximate surface area is 162 Å². The van der Waals surface area contributed by atoms with Gasteiger partial charge >= 0.3 is 5.91 Å². The number of para-hydroxylation sites is 1. The van der Waals surface area contributed by atoms with E-state index in [1.54, 1.807) is 6.07 Å². The first-order chi connectivity index (χ1) is 13.0. The largest absolute Gasteiger partial charge is 0.323 e. The third-order valence-corrected chi connectivity index (χ3v) is 5.51. The number of hydrogen-bond acceptors (Lipinski definition) is 7. The highest BCUT2D eigenvalue weighted by Gasteiger charge is 2.48. The number of ketones is 1. The molecule has 3 aromatic rings. The van der Waals surface area contributed by atoms with Crippen LogP contribution in [0.1, 0.15) is 10.9 Å². The molecule has 1 saturated heterocycles. The summed E-state index contributed by atoms with van der Waals surface area (Å²) >= 11 is 7.06. The summed E-state index contributed by atoms with van der Waals surface area (Å²) < 4.78 is 0.830. The summed E-state index contributed by atoms with van der Waals surface area (Å²) in [5.74, 6) is 1.68. The number of benzene rings is 2. The van der Waals surface area contributed by atoms with Crippen LogP contribution in [0.15, 0.2) is 53.6 Å². The van der Waals surface area contributed by atoms with Crippen molar-refractivity contribution in [3.8, 4) is 0 Å². The summed E-state index contributed by atoms with van der Waals surface area (Å²) in [4.78, 5) is 43.5. The third-order valence-electron chi connectivity index (χ3n) is 4.15. The van der Waals surface area contributed by atoms with E-state index in [4.69, 9.17) is 17.4 Å². The number of thiazole rings is 1. The number of amides is 2. The molecule has 2 N–H and O–H groups in total. The minimum atomic E-state index is -1.21. The van der Waals surface area contributed by atoms with Crippen LogP contribution in [0.4, 0.5) is 5.69 Å². The Bertz CT molecular complexity index is 1090. The second-order valence-electron chi connectivity index (χ2n) is 5.75. The quantitative estimate of drug-likeness (QED) is 0.309. The molecule has 4 rings (SSSR count). The molecule has 0 aliphatic carbocycles. The fourth-order valence-electron chi connectivity index (χ4n) is 2.89. The fraction of sp³-hybridized carbons (Fsp3) is 0.0556. The number of hydrazone groups is 1. The molecule has 27 heavy (non-hydrogen) atoms. The summed E-state index contributed by atoms with van der Waals surface area (Å²) in [6.07, 6.45) is 0. The molecule has 134 valence electrons. The molecule has 2 aromatic carbocycles. The van der Waals surface area contributed by atoms with E-state index < -0.39 is 23.5 Å². The average Bonchev–Trinajstić information content (AvgIpc) is 3.09. The van der Waals surface area contributed by atoms with Gasteiger partial charge in [-0.3, -0.25) is 14.4 Å². The lowest BCUT2D eigenvalue weighted by atomic mass is 9.92. The van der Waals surface area contributed by atoms with Crippen LogP contribution >= 0.6 is 22.9 Å². The molecule has 1 fully saturated rings. The van der Waals surface area contributed by atoms with E-state index in [0.29, 0.717) is 15.5 Å². The van der Waals surface area contributed by atoms with E-state index in [9.17, 15) is 14.4 Å². The number of nitrogens with zero attached hydrogens (tertiary/aromatic N) is 3. The van der Waals surface area contributed by atoms with Crippen LogP contribution in [0.25, 0.3) is 10.2 Å². The highest BCUT2D eigenvalue weighted by atomic mass is 35.5. The Hall–Kier alpha value is -3.10. The number of imide groups is 1. The number of piperidine rings is 1. The maximum absolute atomic E-state index is 12.9. The molecular weight excluding hydrogens is 388 g/mol. The van der Waals surface area contributed by atoms with Crippen LogP contribution in [0.5, 0.6) is 0 Å². The summed E-state index contributed by atoms with van der Waals surface area (Å²) in [5.41, 5.74) is 0.655. The van der Waals surface area contributed by atoms with E-state index in [1.807, 2.05) is 18.2 Å². The molecule has 9 heteroatoms. The first-order valence-corrected chi connectivity index (χ1v) is 9.02. The molecule has 0 spiro atoms. The van der Waals surface area contributed by atoms with Crippen LogP contribution in [-0.4, -0.2) is 28.3 Å². The van der Waals surface area contributed by atoms with Crippen molar-refractivity contribution in [2.75, 3.05) is 4.90 Å². The zero-order valence-corrected chi connectivity index (χ0v) is 15.2. The van der Waals surface area contributed by atoms with Crippen LogP contribution in [-0.2, 0) is 14.4 Å². The van der Waals surface area contributed by atoms with Gasteiger partial charge in [0.2, 0.25) is 5.78 Å².